The molecule has 29 heavy (non-hydrogen) atoms. The van der Waals surface area contributed by atoms with E-state index < -0.39 is 11.9 Å². The van der Waals surface area contributed by atoms with Crippen LogP contribution in [0.4, 0.5) is 10.1 Å². The minimum Gasteiger partial charge on any atom is -0.294 e. The number of hydrogen-bond acceptors (Lipinski definition) is 4. The van der Waals surface area contributed by atoms with Crippen molar-refractivity contribution in [3.8, 4) is 0 Å². The van der Waals surface area contributed by atoms with Gasteiger partial charge in [-0.15, -0.1) is 10.2 Å². The number of fused-ring (bicyclic) bond motifs is 2. The fourth-order valence-corrected chi connectivity index (χ4v) is 4.13. The summed E-state index contributed by atoms with van der Waals surface area (Å²) in [6.45, 7) is 5.53. The smallest absolute Gasteiger partial charge is 0.277 e. The molecule has 1 aliphatic heterocycles. The van der Waals surface area contributed by atoms with E-state index in [9.17, 15) is 9.18 Å². The van der Waals surface area contributed by atoms with Crippen molar-refractivity contribution in [2.24, 2.45) is 0 Å². The zero-order valence-electron chi connectivity index (χ0n) is 15.9. The van der Waals surface area contributed by atoms with E-state index in [0.717, 1.165) is 5.56 Å². The highest BCUT2D eigenvalue weighted by molar-refractivity contribution is 6.30. The van der Waals surface area contributed by atoms with Gasteiger partial charge in [0.05, 0.1) is 17.4 Å². The molecule has 4 aromatic rings. The van der Waals surface area contributed by atoms with E-state index in [2.05, 4.69) is 20.4 Å². The Morgan fingerprint density at radius 3 is 2.72 bits per heavy atom. The fourth-order valence-electron chi connectivity index (χ4n) is 3.97. The molecule has 5 rings (SSSR count). The molecule has 1 aliphatic rings. The first-order chi connectivity index (χ1) is 13.9. The molecule has 0 radical (unpaired) electrons. The summed E-state index contributed by atoms with van der Waals surface area (Å²) in [6.07, 6.45) is 1.80. The quantitative estimate of drug-likeness (QED) is 0.543. The number of aryl methyl sites for hydroxylation is 3. The number of hydrogen-bond donors (Lipinski definition) is 1. The molecule has 146 valence electrons. The van der Waals surface area contributed by atoms with Gasteiger partial charge in [0.25, 0.3) is 5.91 Å². The molecule has 7 nitrogen and oxygen atoms in total. The van der Waals surface area contributed by atoms with Gasteiger partial charge >= 0.3 is 0 Å². The van der Waals surface area contributed by atoms with Gasteiger partial charge in [-0.1, -0.05) is 17.7 Å². The van der Waals surface area contributed by atoms with Gasteiger partial charge in [-0.25, -0.2) is 4.39 Å². The Morgan fingerprint density at radius 2 is 1.97 bits per heavy atom. The second-order valence-corrected chi connectivity index (χ2v) is 7.60. The molecule has 0 aliphatic carbocycles. The molecule has 1 unspecified atom stereocenters. The van der Waals surface area contributed by atoms with Gasteiger partial charge in [0.2, 0.25) is 0 Å². The average molecular weight is 411 g/mol. The summed E-state index contributed by atoms with van der Waals surface area (Å²) < 4.78 is 16.7. The number of halogens is 2. The normalized spacial score (nSPS) is 16.1. The van der Waals surface area contributed by atoms with Gasteiger partial charge in [-0.2, -0.15) is 5.10 Å². The summed E-state index contributed by atoms with van der Waals surface area (Å²) in [4.78, 5) is 14.9. The van der Waals surface area contributed by atoms with E-state index in [1.54, 1.807) is 30.2 Å². The molecule has 4 heterocycles. The second-order valence-electron chi connectivity index (χ2n) is 7.16. The number of nitrogens with one attached hydrogen (secondary N) is 1. The van der Waals surface area contributed by atoms with E-state index in [-0.39, 0.29) is 5.91 Å². The molecule has 1 amide bonds. The lowest BCUT2D eigenvalue weighted by atomic mass is 9.98. The molecule has 0 bridgehead atoms. The van der Waals surface area contributed by atoms with E-state index in [1.165, 1.54) is 6.07 Å². The van der Waals surface area contributed by atoms with Crippen LogP contribution in [-0.2, 0) is 0 Å². The van der Waals surface area contributed by atoms with Crippen LogP contribution in [0.5, 0.6) is 0 Å². The maximum atomic E-state index is 14.9. The molecule has 3 aromatic heterocycles. The number of anilines is 1. The Hall–Kier alpha value is -3.26. The maximum absolute atomic E-state index is 14.9. The van der Waals surface area contributed by atoms with Gasteiger partial charge < -0.3 is 0 Å². The van der Waals surface area contributed by atoms with Crippen LogP contribution in [0.15, 0.2) is 30.5 Å². The first kappa shape index (κ1) is 17.8. The number of amides is 1. The molecule has 1 atom stereocenters. The van der Waals surface area contributed by atoms with Crippen molar-refractivity contribution in [3.05, 3.63) is 75.2 Å². The molecule has 0 fully saturated rings. The first-order valence-electron chi connectivity index (χ1n) is 9.02. The monoisotopic (exact) mass is 410 g/mol. The summed E-state index contributed by atoms with van der Waals surface area (Å²) in [5.74, 6) is -0.0568. The van der Waals surface area contributed by atoms with Gasteiger partial charge in [-0.3, -0.25) is 19.2 Å². The van der Waals surface area contributed by atoms with Crippen LogP contribution in [0.1, 0.15) is 44.7 Å². The average Bonchev–Trinajstić information content (AvgIpc) is 3.31. The number of nitrogens with zero attached hydrogens (tertiary/aromatic N) is 5. The summed E-state index contributed by atoms with van der Waals surface area (Å²) in [5, 5.41) is 15.5. The molecule has 0 saturated carbocycles. The molecular weight excluding hydrogens is 395 g/mol. The van der Waals surface area contributed by atoms with Crippen molar-refractivity contribution in [2.75, 3.05) is 4.90 Å². The molecular formula is C20H16ClFN6O. The van der Waals surface area contributed by atoms with Gasteiger partial charge in [0.1, 0.15) is 17.3 Å². The number of pyridine rings is 1. The first-order valence-corrected chi connectivity index (χ1v) is 9.40. The SMILES string of the molecule is Cc1n[nH]c2c1C(c1ccc(Cl)cc1F)N(c1cc(C)c3nnc(C)n3c1)C2=O. The highest BCUT2D eigenvalue weighted by atomic mass is 35.5. The maximum Gasteiger partial charge on any atom is 0.277 e. The predicted octanol–water partition coefficient (Wildman–Crippen LogP) is 3.92. The van der Waals surface area contributed by atoms with Crippen LogP contribution in [0.25, 0.3) is 5.65 Å². The van der Waals surface area contributed by atoms with E-state index >= 15 is 0 Å². The topological polar surface area (TPSA) is 79.2 Å². The van der Waals surface area contributed by atoms with Crippen LogP contribution in [0.2, 0.25) is 5.02 Å². The highest BCUT2D eigenvalue weighted by Crippen LogP contribution is 2.43. The van der Waals surface area contributed by atoms with Crippen molar-refractivity contribution in [1.82, 2.24) is 24.8 Å². The Morgan fingerprint density at radius 1 is 1.17 bits per heavy atom. The van der Waals surface area contributed by atoms with Crippen molar-refractivity contribution < 1.29 is 9.18 Å². The Balaban J connectivity index is 1.77. The zero-order chi connectivity index (χ0) is 20.4. The third-order valence-electron chi connectivity index (χ3n) is 5.34. The molecule has 1 aromatic carbocycles. The third kappa shape index (κ3) is 2.49. The lowest BCUT2D eigenvalue weighted by molar-refractivity contribution is 0.0988. The summed E-state index contributed by atoms with van der Waals surface area (Å²) >= 11 is 5.95. The van der Waals surface area contributed by atoms with E-state index in [0.29, 0.717) is 44.7 Å². The van der Waals surface area contributed by atoms with Crippen molar-refractivity contribution in [2.45, 2.75) is 26.8 Å². The molecule has 1 N–H and O–H groups in total. The Kier molecular flexibility index (Phi) is 3.76. The number of benzene rings is 1. The lowest BCUT2D eigenvalue weighted by Gasteiger charge is -2.27. The third-order valence-corrected chi connectivity index (χ3v) is 5.57. The standard InChI is InChI=1S/C20H16ClFN6O/c1-9-6-13(8-27-11(3)24-26-19(9)27)28-18(14-5-4-12(21)7-15(14)22)16-10(2)23-25-17(16)20(28)29/h4-8,18H,1-3H3,(H,23,25). The van der Waals surface area contributed by atoms with Crippen LogP contribution in [0.3, 0.4) is 0 Å². The van der Waals surface area contributed by atoms with Crippen molar-refractivity contribution in [3.63, 3.8) is 0 Å². The Bertz CT molecular complexity index is 1310. The summed E-state index contributed by atoms with van der Waals surface area (Å²) in [6, 6.07) is 5.68. The van der Waals surface area contributed by atoms with Gasteiger partial charge in [-0.05, 0) is 44.5 Å². The van der Waals surface area contributed by atoms with Crippen LogP contribution in [-0.4, -0.2) is 30.7 Å². The highest BCUT2D eigenvalue weighted by Gasteiger charge is 2.43. The largest absolute Gasteiger partial charge is 0.294 e. The molecule has 0 spiro atoms. The lowest BCUT2D eigenvalue weighted by Crippen LogP contribution is -2.30. The number of aromatic nitrogens is 5. The van der Waals surface area contributed by atoms with Crippen LogP contribution < -0.4 is 4.90 Å². The predicted molar refractivity (Wildman–Crippen MR) is 106 cm³/mol. The minimum atomic E-state index is -0.665. The minimum absolute atomic E-state index is 0.274. The number of aromatic amines is 1. The van der Waals surface area contributed by atoms with E-state index in [1.807, 2.05) is 24.3 Å². The number of carbonyl (C=O) groups is 1. The fraction of sp³-hybridized carbons (Fsp3) is 0.200. The van der Waals surface area contributed by atoms with Gasteiger partial charge in [0.15, 0.2) is 5.65 Å². The molecule has 0 saturated heterocycles. The van der Waals surface area contributed by atoms with Crippen LogP contribution >= 0.6 is 11.6 Å². The molecule has 9 heteroatoms. The zero-order valence-corrected chi connectivity index (χ0v) is 16.6. The second kappa shape index (κ2) is 6.12. The summed E-state index contributed by atoms with van der Waals surface area (Å²) in [7, 11) is 0. The number of H-pyrrole nitrogens is 1. The number of rotatable bonds is 2. The van der Waals surface area contributed by atoms with Crippen molar-refractivity contribution in [1.29, 1.82) is 0 Å². The van der Waals surface area contributed by atoms with Gasteiger partial charge in [0, 0.05) is 22.3 Å². The van der Waals surface area contributed by atoms with Crippen molar-refractivity contribution >= 4 is 28.8 Å². The van der Waals surface area contributed by atoms with E-state index in [4.69, 9.17) is 11.6 Å². The Labute approximate surface area is 170 Å². The summed E-state index contributed by atoms with van der Waals surface area (Å²) in [5.41, 5.74) is 4.21. The van der Waals surface area contributed by atoms with Crippen LogP contribution in [0, 0.1) is 26.6 Å². The number of carbonyl (C=O) groups excluding carboxylic acids is 1.